The predicted octanol–water partition coefficient (Wildman–Crippen LogP) is 3.93. The van der Waals surface area contributed by atoms with E-state index in [1.165, 1.54) is 58.2 Å². The van der Waals surface area contributed by atoms with Crippen LogP contribution in [-0.4, -0.2) is 24.5 Å². The fourth-order valence-electron chi connectivity index (χ4n) is 2.98. The van der Waals surface area contributed by atoms with Crippen molar-refractivity contribution in [2.24, 2.45) is 11.8 Å². The van der Waals surface area contributed by atoms with Gasteiger partial charge in [-0.2, -0.15) is 0 Å². The number of likely N-dealkylation sites (tertiary alicyclic amines) is 1. The molecule has 1 fully saturated rings. The van der Waals surface area contributed by atoms with Gasteiger partial charge in [0.1, 0.15) is 0 Å². The fraction of sp³-hybridized carbons (Fsp3) is 1.00. The van der Waals surface area contributed by atoms with Crippen LogP contribution >= 0.6 is 0 Å². The molecule has 0 amide bonds. The minimum atomic E-state index is 1.02. The SMILES string of the molecule is CCCCC(CC)C1CCN(CC)CC1. The van der Waals surface area contributed by atoms with Crippen LogP contribution in [0.1, 0.15) is 59.3 Å². The summed E-state index contributed by atoms with van der Waals surface area (Å²) in [6.45, 7) is 10.9. The van der Waals surface area contributed by atoms with E-state index in [0.29, 0.717) is 0 Å². The number of hydrogen-bond acceptors (Lipinski definition) is 1. The van der Waals surface area contributed by atoms with Crippen molar-refractivity contribution >= 4 is 0 Å². The molecule has 0 saturated carbocycles. The Morgan fingerprint density at radius 1 is 1.13 bits per heavy atom. The van der Waals surface area contributed by atoms with Crippen molar-refractivity contribution in [2.45, 2.75) is 59.3 Å². The van der Waals surface area contributed by atoms with Gasteiger partial charge in [-0.15, -0.1) is 0 Å². The summed E-state index contributed by atoms with van der Waals surface area (Å²) in [7, 11) is 0. The number of nitrogens with zero attached hydrogens (tertiary/aromatic N) is 1. The lowest BCUT2D eigenvalue weighted by molar-refractivity contribution is 0.144. The van der Waals surface area contributed by atoms with Crippen LogP contribution in [0.25, 0.3) is 0 Å². The van der Waals surface area contributed by atoms with Crippen LogP contribution in [0.3, 0.4) is 0 Å². The van der Waals surface area contributed by atoms with Gasteiger partial charge in [0.25, 0.3) is 0 Å². The summed E-state index contributed by atoms with van der Waals surface area (Å²) >= 11 is 0. The lowest BCUT2D eigenvalue weighted by Gasteiger charge is -2.35. The standard InChI is InChI=1S/C14H29N/c1-4-7-8-13(5-2)14-9-11-15(6-3)12-10-14/h13-14H,4-12H2,1-3H3. The Hall–Kier alpha value is -0.0400. The molecule has 0 spiro atoms. The van der Waals surface area contributed by atoms with Crippen molar-refractivity contribution in [1.82, 2.24) is 4.90 Å². The maximum absolute atomic E-state index is 2.60. The molecule has 1 atom stereocenters. The molecule has 90 valence electrons. The first-order valence-corrected chi connectivity index (χ1v) is 7.04. The first-order chi connectivity index (χ1) is 7.31. The average molecular weight is 211 g/mol. The van der Waals surface area contributed by atoms with Crippen LogP contribution in [0, 0.1) is 11.8 Å². The molecule has 1 nitrogen and oxygen atoms in total. The molecular weight excluding hydrogens is 182 g/mol. The zero-order valence-corrected chi connectivity index (χ0v) is 11.0. The van der Waals surface area contributed by atoms with Gasteiger partial charge in [0.05, 0.1) is 0 Å². The summed E-state index contributed by atoms with van der Waals surface area (Å²) in [4.78, 5) is 2.60. The highest BCUT2D eigenvalue weighted by molar-refractivity contribution is 4.76. The van der Waals surface area contributed by atoms with E-state index in [1.54, 1.807) is 0 Å². The van der Waals surface area contributed by atoms with Gasteiger partial charge in [0.15, 0.2) is 0 Å². The second-order valence-electron chi connectivity index (χ2n) is 5.08. The normalized spacial score (nSPS) is 21.8. The minimum absolute atomic E-state index is 1.02. The largest absolute Gasteiger partial charge is 0.304 e. The highest BCUT2D eigenvalue weighted by Crippen LogP contribution is 2.30. The van der Waals surface area contributed by atoms with Crippen molar-refractivity contribution in [1.29, 1.82) is 0 Å². The average Bonchev–Trinajstić information content (AvgIpc) is 2.31. The topological polar surface area (TPSA) is 3.24 Å². The van der Waals surface area contributed by atoms with E-state index in [0.717, 1.165) is 11.8 Å². The van der Waals surface area contributed by atoms with Crippen LogP contribution in [0.15, 0.2) is 0 Å². The van der Waals surface area contributed by atoms with Gasteiger partial charge in [-0.25, -0.2) is 0 Å². The van der Waals surface area contributed by atoms with E-state index >= 15 is 0 Å². The molecule has 0 radical (unpaired) electrons. The fourth-order valence-corrected chi connectivity index (χ4v) is 2.98. The predicted molar refractivity (Wildman–Crippen MR) is 68.1 cm³/mol. The Kier molecular flexibility index (Phi) is 6.31. The molecule has 1 saturated heterocycles. The van der Waals surface area contributed by atoms with Crippen molar-refractivity contribution in [2.75, 3.05) is 19.6 Å². The van der Waals surface area contributed by atoms with E-state index in [-0.39, 0.29) is 0 Å². The van der Waals surface area contributed by atoms with Gasteiger partial charge in [0.2, 0.25) is 0 Å². The summed E-state index contributed by atoms with van der Waals surface area (Å²) in [6.07, 6.45) is 8.59. The van der Waals surface area contributed by atoms with Crippen LogP contribution in [-0.2, 0) is 0 Å². The summed E-state index contributed by atoms with van der Waals surface area (Å²) in [5.74, 6) is 2.05. The molecule has 0 N–H and O–H groups in total. The highest BCUT2D eigenvalue weighted by Gasteiger charge is 2.24. The van der Waals surface area contributed by atoms with Crippen LogP contribution in [0.2, 0.25) is 0 Å². The molecular formula is C14H29N. The van der Waals surface area contributed by atoms with Gasteiger partial charge in [-0.1, -0.05) is 46.5 Å². The van der Waals surface area contributed by atoms with Crippen LogP contribution in [0.4, 0.5) is 0 Å². The zero-order chi connectivity index (χ0) is 11.1. The molecule has 1 rings (SSSR count). The maximum atomic E-state index is 2.60. The Balaban J connectivity index is 2.29. The molecule has 1 aliphatic heterocycles. The van der Waals surface area contributed by atoms with Crippen LogP contribution < -0.4 is 0 Å². The van der Waals surface area contributed by atoms with Crippen molar-refractivity contribution in [3.8, 4) is 0 Å². The van der Waals surface area contributed by atoms with Gasteiger partial charge < -0.3 is 4.90 Å². The molecule has 15 heavy (non-hydrogen) atoms. The van der Waals surface area contributed by atoms with E-state index in [9.17, 15) is 0 Å². The number of rotatable bonds is 6. The summed E-state index contributed by atoms with van der Waals surface area (Å²) in [5.41, 5.74) is 0. The molecule has 0 aromatic heterocycles. The second kappa shape index (κ2) is 7.27. The smallest absolute Gasteiger partial charge is 0.00161 e. The van der Waals surface area contributed by atoms with Gasteiger partial charge in [-0.05, 0) is 44.3 Å². The summed E-state index contributed by atoms with van der Waals surface area (Å²) in [6, 6.07) is 0. The monoisotopic (exact) mass is 211 g/mol. The number of unbranched alkanes of at least 4 members (excludes halogenated alkanes) is 1. The third-order valence-electron chi connectivity index (χ3n) is 4.20. The highest BCUT2D eigenvalue weighted by atomic mass is 15.1. The quantitative estimate of drug-likeness (QED) is 0.643. The Labute approximate surface area is 96.2 Å². The molecule has 1 heteroatoms. The third kappa shape index (κ3) is 4.14. The van der Waals surface area contributed by atoms with Gasteiger partial charge in [0, 0.05) is 0 Å². The van der Waals surface area contributed by atoms with Gasteiger partial charge in [-0.3, -0.25) is 0 Å². The minimum Gasteiger partial charge on any atom is -0.304 e. The van der Waals surface area contributed by atoms with Crippen LogP contribution in [0.5, 0.6) is 0 Å². The number of hydrogen-bond donors (Lipinski definition) is 0. The molecule has 1 heterocycles. The lowest BCUT2D eigenvalue weighted by Crippen LogP contribution is -2.35. The molecule has 1 aliphatic rings. The third-order valence-corrected chi connectivity index (χ3v) is 4.20. The molecule has 0 bridgehead atoms. The molecule has 0 aromatic carbocycles. The maximum Gasteiger partial charge on any atom is -0.00161 e. The zero-order valence-electron chi connectivity index (χ0n) is 11.0. The molecule has 0 aliphatic carbocycles. The van der Waals surface area contributed by atoms with E-state index in [2.05, 4.69) is 25.7 Å². The van der Waals surface area contributed by atoms with Crippen molar-refractivity contribution in [3.63, 3.8) is 0 Å². The van der Waals surface area contributed by atoms with E-state index < -0.39 is 0 Å². The summed E-state index contributed by atoms with van der Waals surface area (Å²) in [5, 5.41) is 0. The Morgan fingerprint density at radius 2 is 1.80 bits per heavy atom. The van der Waals surface area contributed by atoms with Crippen molar-refractivity contribution in [3.05, 3.63) is 0 Å². The second-order valence-corrected chi connectivity index (χ2v) is 5.08. The van der Waals surface area contributed by atoms with Crippen molar-refractivity contribution < 1.29 is 0 Å². The number of piperidine rings is 1. The molecule has 1 unspecified atom stereocenters. The van der Waals surface area contributed by atoms with Gasteiger partial charge >= 0.3 is 0 Å². The molecule has 0 aromatic rings. The first-order valence-electron chi connectivity index (χ1n) is 7.04. The lowest BCUT2D eigenvalue weighted by atomic mass is 9.80. The Morgan fingerprint density at radius 3 is 2.27 bits per heavy atom. The summed E-state index contributed by atoms with van der Waals surface area (Å²) < 4.78 is 0. The first kappa shape index (κ1) is 13.0. The van der Waals surface area contributed by atoms with E-state index in [4.69, 9.17) is 0 Å². The Bertz CT molecular complexity index is 147. The van der Waals surface area contributed by atoms with E-state index in [1.807, 2.05) is 0 Å².